The first-order chi connectivity index (χ1) is 16.2. The fraction of sp³-hybridized carbons (Fsp3) is 0.250. The van der Waals surface area contributed by atoms with E-state index in [0.29, 0.717) is 16.6 Å². The molecule has 0 amide bonds. The van der Waals surface area contributed by atoms with Gasteiger partial charge in [0.15, 0.2) is 11.4 Å². The average Bonchev–Trinajstić information content (AvgIpc) is 3.18. The molecule has 0 saturated carbocycles. The lowest BCUT2D eigenvalue weighted by Crippen LogP contribution is -2.45. The summed E-state index contributed by atoms with van der Waals surface area (Å²) in [5, 5.41) is 24.2. The van der Waals surface area contributed by atoms with Crippen molar-refractivity contribution in [1.82, 2.24) is 9.55 Å². The van der Waals surface area contributed by atoms with Gasteiger partial charge in [0.25, 0.3) is 5.56 Å². The van der Waals surface area contributed by atoms with E-state index in [0.717, 1.165) is 5.39 Å². The topological polar surface area (TPSA) is 142 Å². The van der Waals surface area contributed by atoms with Crippen molar-refractivity contribution in [2.24, 2.45) is 0 Å². The second-order valence-electron chi connectivity index (χ2n) is 8.30. The largest absolute Gasteiger partial charge is 0.458 e. The van der Waals surface area contributed by atoms with E-state index in [4.69, 9.17) is 4.74 Å². The van der Waals surface area contributed by atoms with E-state index in [9.17, 15) is 29.6 Å². The molecule has 5 rings (SSSR count). The lowest BCUT2D eigenvalue weighted by Gasteiger charge is -2.31. The van der Waals surface area contributed by atoms with Crippen molar-refractivity contribution in [3.05, 3.63) is 73.1 Å². The minimum atomic E-state index is -2.33. The molecule has 0 spiro atoms. The molecule has 0 saturated heterocycles. The number of allylic oxidation sites excluding steroid dienone is 1. The van der Waals surface area contributed by atoms with E-state index < -0.39 is 34.3 Å². The van der Waals surface area contributed by atoms with Gasteiger partial charge in [0.05, 0.1) is 28.1 Å². The Morgan fingerprint density at radius 1 is 1.32 bits per heavy atom. The van der Waals surface area contributed by atoms with Gasteiger partial charge in [-0.3, -0.25) is 24.3 Å². The number of aromatic nitrogens is 2. The molecule has 2 aromatic heterocycles. The van der Waals surface area contributed by atoms with Crippen LogP contribution in [0.2, 0.25) is 0 Å². The summed E-state index contributed by atoms with van der Waals surface area (Å²) >= 11 is 0. The number of para-hydroxylation sites is 1. The highest BCUT2D eigenvalue weighted by Crippen LogP contribution is 2.47. The van der Waals surface area contributed by atoms with E-state index in [2.05, 4.69) is 4.98 Å². The molecule has 1 N–H and O–H groups in total. The van der Waals surface area contributed by atoms with Crippen LogP contribution in [-0.2, 0) is 33.1 Å². The van der Waals surface area contributed by atoms with Gasteiger partial charge in [-0.25, -0.2) is 9.78 Å². The van der Waals surface area contributed by atoms with Gasteiger partial charge >= 0.3 is 11.7 Å². The summed E-state index contributed by atoms with van der Waals surface area (Å²) in [5.41, 5.74) is -2.15. The minimum absolute atomic E-state index is 0.0223. The zero-order chi connectivity index (χ0) is 24.4. The van der Waals surface area contributed by atoms with Crippen molar-refractivity contribution in [3.8, 4) is 11.4 Å². The molecule has 3 aromatic rings. The smallest absolute Gasteiger partial charge is 0.343 e. The summed E-state index contributed by atoms with van der Waals surface area (Å²) in [6.45, 7) is 2.39. The van der Waals surface area contributed by atoms with Crippen molar-refractivity contribution < 1.29 is 24.4 Å². The monoisotopic (exact) mass is 461 g/mol. The molecular formula is C24H19N3O7. The number of ether oxygens (including phenoxy) is 1. The molecule has 10 nitrogen and oxygen atoms in total. The van der Waals surface area contributed by atoms with Crippen LogP contribution < -0.4 is 5.56 Å². The Bertz CT molecular complexity index is 1540. The van der Waals surface area contributed by atoms with E-state index in [1.807, 2.05) is 6.07 Å². The van der Waals surface area contributed by atoms with Crippen LogP contribution in [0.5, 0.6) is 0 Å². The van der Waals surface area contributed by atoms with Crippen LogP contribution in [0.25, 0.3) is 28.4 Å². The first kappa shape index (κ1) is 21.7. The zero-order valence-electron chi connectivity index (χ0n) is 18.3. The lowest BCUT2D eigenvalue weighted by atomic mass is 9.84. The Morgan fingerprint density at radius 3 is 2.74 bits per heavy atom. The number of hydrogen-bond acceptors (Lipinski definition) is 8. The molecule has 1 aromatic carbocycles. The summed E-state index contributed by atoms with van der Waals surface area (Å²) in [6, 6.07) is 7.11. The summed E-state index contributed by atoms with van der Waals surface area (Å²) in [7, 11) is 0. The summed E-state index contributed by atoms with van der Waals surface area (Å²) in [5.74, 6) is -1.22. The number of carbonyl (C=O) groups is 2. The van der Waals surface area contributed by atoms with E-state index >= 15 is 0 Å². The normalized spacial score (nSPS) is 18.5. The maximum atomic E-state index is 13.5. The number of hydrogen-bond donors (Lipinski definition) is 1. The second-order valence-corrected chi connectivity index (χ2v) is 8.30. The third-order valence-corrected chi connectivity index (χ3v) is 6.39. The Labute approximate surface area is 192 Å². The Kier molecular flexibility index (Phi) is 4.73. The van der Waals surface area contributed by atoms with Gasteiger partial charge in [-0.05, 0) is 31.1 Å². The minimum Gasteiger partial charge on any atom is -0.458 e. The molecular weight excluding hydrogens is 442 g/mol. The molecule has 10 heteroatoms. The number of cyclic esters (lactones) is 1. The third-order valence-electron chi connectivity index (χ3n) is 6.39. The zero-order valence-corrected chi connectivity index (χ0v) is 18.3. The number of ketones is 1. The number of carbonyl (C=O) groups excluding carboxylic acids is 2. The number of aliphatic hydroxyl groups is 1. The molecule has 34 heavy (non-hydrogen) atoms. The summed E-state index contributed by atoms with van der Waals surface area (Å²) < 4.78 is 6.26. The fourth-order valence-corrected chi connectivity index (χ4v) is 4.77. The van der Waals surface area contributed by atoms with E-state index in [-0.39, 0.29) is 41.3 Å². The molecule has 2 aliphatic heterocycles. The number of nitro groups is 1. The van der Waals surface area contributed by atoms with Crippen molar-refractivity contribution in [2.75, 3.05) is 0 Å². The molecule has 0 aliphatic carbocycles. The van der Waals surface area contributed by atoms with Crippen LogP contribution in [0.1, 0.15) is 42.5 Å². The molecule has 1 atom stereocenters. The predicted octanol–water partition coefficient (Wildman–Crippen LogP) is 2.59. The predicted molar refractivity (Wildman–Crippen MR) is 121 cm³/mol. The molecule has 0 unspecified atom stereocenters. The molecule has 0 radical (unpaired) electrons. The molecule has 172 valence electrons. The fourth-order valence-electron chi connectivity index (χ4n) is 4.77. The van der Waals surface area contributed by atoms with Gasteiger partial charge in [-0.2, -0.15) is 0 Å². The molecule has 0 bridgehead atoms. The quantitative estimate of drug-likeness (QED) is 0.212. The highest BCUT2D eigenvalue weighted by atomic mass is 16.6. The van der Waals surface area contributed by atoms with Crippen LogP contribution >= 0.6 is 0 Å². The van der Waals surface area contributed by atoms with Gasteiger partial charge in [-0.15, -0.1) is 0 Å². The Balaban J connectivity index is 1.94. The van der Waals surface area contributed by atoms with Crippen molar-refractivity contribution in [2.45, 2.75) is 39.0 Å². The van der Waals surface area contributed by atoms with Crippen LogP contribution in [0.3, 0.4) is 0 Å². The standard InChI is InChI=1S/C24H19N3O7/c1-3-24(31)18-16(11-34-23(24)30)22(29)26-10-15-13(9-8-12(2)28)14-6-4-5-7-17(14)25-19(15)21(26)20(18)27(32)33/h4-9,31H,3,10-11H2,1-2H3/t24-/m0/s1. The number of nitrogens with zero attached hydrogens (tertiary/aromatic N) is 3. The highest BCUT2D eigenvalue weighted by molar-refractivity contribution is 5.99. The summed E-state index contributed by atoms with van der Waals surface area (Å²) in [4.78, 5) is 53.9. The first-order valence-electron chi connectivity index (χ1n) is 10.6. The number of benzene rings is 1. The summed E-state index contributed by atoms with van der Waals surface area (Å²) in [6.07, 6.45) is 2.78. The van der Waals surface area contributed by atoms with Crippen LogP contribution in [-0.4, -0.2) is 31.3 Å². The van der Waals surface area contributed by atoms with Crippen LogP contribution in [0, 0.1) is 10.1 Å². The van der Waals surface area contributed by atoms with Crippen molar-refractivity contribution in [1.29, 1.82) is 0 Å². The van der Waals surface area contributed by atoms with Gasteiger partial charge in [0.2, 0.25) is 0 Å². The highest BCUT2D eigenvalue weighted by Gasteiger charge is 2.51. The van der Waals surface area contributed by atoms with E-state index in [1.54, 1.807) is 24.3 Å². The van der Waals surface area contributed by atoms with E-state index in [1.165, 1.54) is 24.5 Å². The number of esters is 1. The average molecular weight is 461 g/mol. The maximum Gasteiger partial charge on any atom is 0.343 e. The molecule has 4 heterocycles. The van der Waals surface area contributed by atoms with Gasteiger partial charge in [0.1, 0.15) is 18.0 Å². The lowest BCUT2D eigenvalue weighted by molar-refractivity contribution is -0.386. The number of fused-ring (bicyclic) bond motifs is 5. The van der Waals surface area contributed by atoms with Crippen LogP contribution in [0.15, 0.2) is 35.1 Å². The Morgan fingerprint density at radius 2 is 2.06 bits per heavy atom. The van der Waals surface area contributed by atoms with Crippen molar-refractivity contribution >= 4 is 34.4 Å². The molecule has 0 fully saturated rings. The Hall–Kier alpha value is -4.18. The van der Waals surface area contributed by atoms with Gasteiger partial charge in [0, 0.05) is 10.9 Å². The molecule has 2 aliphatic rings. The second kappa shape index (κ2) is 7.42. The SMILES string of the molecule is CC[C@@]1(O)C(=O)OCc2c1c([N+](=O)[O-])c1n(c2=O)Cc2c-1nc1ccccc1c2C=CC(C)=O. The maximum absolute atomic E-state index is 13.5. The van der Waals surface area contributed by atoms with Crippen molar-refractivity contribution in [3.63, 3.8) is 0 Å². The third kappa shape index (κ3) is 2.85. The van der Waals surface area contributed by atoms with Gasteiger partial charge < -0.3 is 9.84 Å². The first-order valence-corrected chi connectivity index (χ1v) is 10.6. The number of pyridine rings is 2. The van der Waals surface area contributed by atoms with Crippen LogP contribution in [0.4, 0.5) is 5.69 Å². The van der Waals surface area contributed by atoms with Gasteiger partial charge in [-0.1, -0.05) is 31.2 Å². The number of rotatable bonds is 4.